The highest BCUT2D eigenvalue weighted by atomic mass is 16.6. The second-order valence-corrected chi connectivity index (χ2v) is 7.77. The fourth-order valence-electron chi connectivity index (χ4n) is 3.15. The van der Waals surface area contributed by atoms with Crippen molar-refractivity contribution < 1.29 is 29.0 Å². The summed E-state index contributed by atoms with van der Waals surface area (Å²) in [7, 11) is 0. The molecular weight excluding hydrogens is 340 g/mol. The smallest absolute Gasteiger partial charge is 0.411 e. The Hall–Kier alpha value is -2.09. The van der Waals surface area contributed by atoms with Gasteiger partial charge in [0.25, 0.3) is 0 Å². The van der Waals surface area contributed by atoms with Crippen LogP contribution in [0.5, 0.6) is 0 Å². The Balaban J connectivity index is 2.12. The summed E-state index contributed by atoms with van der Waals surface area (Å²) in [4.78, 5) is 38.6. The standard InChI is InChI=1S/C18H28N2O6/c1-6-11-9-18(11,15(23)25-7-2)19-14(22)13-8-12(21)10-20(13)16(24)26-17(3,4)5/h6,11-13,21H,1,7-10H2,2-5H3,(H,19,22)/t11?,12-,13+,18-/m1/s1. The van der Waals surface area contributed by atoms with Crippen LogP contribution >= 0.6 is 0 Å². The van der Waals surface area contributed by atoms with Gasteiger partial charge in [-0.2, -0.15) is 0 Å². The van der Waals surface area contributed by atoms with Crippen molar-refractivity contribution in [3.63, 3.8) is 0 Å². The predicted octanol–water partition coefficient (Wildman–Crippen LogP) is 0.981. The molecule has 0 aromatic heterocycles. The normalized spacial score (nSPS) is 30.5. The molecule has 1 aliphatic carbocycles. The fourth-order valence-corrected chi connectivity index (χ4v) is 3.15. The van der Waals surface area contributed by atoms with Crippen molar-refractivity contribution in [1.29, 1.82) is 0 Å². The van der Waals surface area contributed by atoms with E-state index in [-0.39, 0.29) is 25.5 Å². The summed E-state index contributed by atoms with van der Waals surface area (Å²) in [5.41, 5.74) is -1.86. The molecule has 0 radical (unpaired) electrons. The number of nitrogens with one attached hydrogen (secondary N) is 1. The van der Waals surface area contributed by atoms with Crippen molar-refractivity contribution in [3.8, 4) is 0 Å². The first kappa shape index (κ1) is 20.2. The maximum Gasteiger partial charge on any atom is 0.411 e. The molecule has 0 bridgehead atoms. The number of carbonyl (C=O) groups is 3. The van der Waals surface area contributed by atoms with E-state index in [1.54, 1.807) is 33.8 Å². The number of carbonyl (C=O) groups excluding carboxylic acids is 3. The highest BCUT2D eigenvalue weighted by molar-refractivity contribution is 5.95. The van der Waals surface area contributed by atoms with Gasteiger partial charge in [-0.3, -0.25) is 9.69 Å². The summed E-state index contributed by atoms with van der Waals surface area (Å²) in [6.45, 7) is 10.7. The van der Waals surface area contributed by atoms with Crippen LogP contribution in [0.4, 0.5) is 4.79 Å². The van der Waals surface area contributed by atoms with Crippen molar-refractivity contribution in [2.24, 2.45) is 5.92 Å². The van der Waals surface area contributed by atoms with Crippen molar-refractivity contribution in [2.75, 3.05) is 13.2 Å². The van der Waals surface area contributed by atoms with Crippen LogP contribution in [-0.2, 0) is 19.1 Å². The van der Waals surface area contributed by atoms with Crippen LogP contribution in [0.1, 0.15) is 40.5 Å². The van der Waals surface area contributed by atoms with E-state index >= 15 is 0 Å². The molecule has 1 heterocycles. The molecule has 2 aliphatic rings. The molecule has 4 atom stereocenters. The molecule has 2 N–H and O–H groups in total. The Morgan fingerprint density at radius 2 is 2.04 bits per heavy atom. The second kappa shape index (κ2) is 7.26. The lowest BCUT2D eigenvalue weighted by Crippen LogP contribution is -2.53. The number of hydrogen-bond acceptors (Lipinski definition) is 6. The first-order valence-corrected chi connectivity index (χ1v) is 8.83. The SMILES string of the molecule is C=CC1C[C@]1(NC(=O)[C@@H]1C[C@@H](O)CN1C(=O)OC(C)(C)C)C(=O)OCC. The molecule has 1 aliphatic heterocycles. The largest absolute Gasteiger partial charge is 0.464 e. The summed E-state index contributed by atoms with van der Waals surface area (Å²) in [6.07, 6.45) is 0.597. The first-order chi connectivity index (χ1) is 12.0. The average Bonchev–Trinajstić information content (AvgIpc) is 3.09. The third kappa shape index (κ3) is 4.17. The van der Waals surface area contributed by atoms with Crippen LogP contribution in [0.2, 0.25) is 0 Å². The van der Waals surface area contributed by atoms with Crippen molar-refractivity contribution in [2.45, 2.75) is 63.8 Å². The number of esters is 1. The van der Waals surface area contributed by atoms with Crippen molar-refractivity contribution in [1.82, 2.24) is 10.2 Å². The van der Waals surface area contributed by atoms with E-state index in [1.807, 2.05) is 0 Å². The zero-order valence-electron chi connectivity index (χ0n) is 15.8. The van der Waals surface area contributed by atoms with Crippen molar-refractivity contribution >= 4 is 18.0 Å². The molecule has 8 nitrogen and oxygen atoms in total. The van der Waals surface area contributed by atoms with Gasteiger partial charge in [0.2, 0.25) is 5.91 Å². The van der Waals surface area contributed by atoms with Gasteiger partial charge in [0.1, 0.15) is 17.2 Å². The third-order valence-corrected chi connectivity index (χ3v) is 4.49. The van der Waals surface area contributed by atoms with E-state index in [0.29, 0.717) is 6.42 Å². The molecule has 2 amide bonds. The van der Waals surface area contributed by atoms with Gasteiger partial charge in [-0.25, -0.2) is 9.59 Å². The van der Waals surface area contributed by atoms with E-state index in [1.165, 1.54) is 4.90 Å². The highest BCUT2D eigenvalue weighted by Crippen LogP contribution is 2.45. The number of β-amino-alcohol motifs (C(OH)–C–C–N with tert-alkyl or cyclic N) is 1. The van der Waals surface area contributed by atoms with E-state index < -0.39 is 41.3 Å². The predicted molar refractivity (Wildman–Crippen MR) is 93.2 cm³/mol. The lowest BCUT2D eigenvalue weighted by Gasteiger charge is -2.29. The molecule has 26 heavy (non-hydrogen) atoms. The number of aliphatic hydroxyl groups is 1. The molecule has 0 aromatic rings. The fraction of sp³-hybridized carbons (Fsp3) is 0.722. The number of hydrogen-bond donors (Lipinski definition) is 2. The Labute approximate surface area is 153 Å². The molecule has 2 rings (SSSR count). The van der Waals surface area contributed by atoms with E-state index in [4.69, 9.17) is 9.47 Å². The second-order valence-electron chi connectivity index (χ2n) is 7.77. The number of ether oxygens (including phenoxy) is 2. The molecule has 2 fully saturated rings. The molecule has 1 saturated heterocycles. The topological polar surface area (TPSA) is 105 Å². The van der Waals surface area contributed by atoms with Crippen LogP contribution in [-0.4, -0.2) is 64.4 Å². The van der Waals surface area contributed by atoms with Crippen LogP contribution in [0.3, 0.4) is 0 Å². The molecule has 1 unspecified atom stereocenters. The van der Waals surface area contributed by atoms with Gasteiger partial charge in [0.15, 0.2) is 0 Å². The van der Waals surface area contributed by atoms with Gasteiger partial charge >= 0.3 is 12.1 Å². The zero-order chi connectivity index (χ0) is 19.7. The maximum atomic E-state index is 12.8. The van der Waals surface area contributed by atoms with E-state index in [0.717, 1.165) is 0 Å². The van der Waals surface area contributed by atoms with E-state index in [2.05, 4.69) is 11.9 Å². The Bertz CT molecular complexity index is 599. The zero-order valence-corrected chi connectivity index (χ0v) is 15.8. The number of rotatable bonds is 5. The maximum absolute atomic E-state index is 12.8. The molecular formula is C18H28N2O6. The van der Waals surface area contributed by atoms with Gasteiger partial charge in [-0.1, -0.05) is 6.08 Å². The van der Waals surface area contributed by atoms with Gasteiger partial charge < -0.3 is 19.9 Å². The molecule has 8 heteroatoms. The van der Waals surface area contributed by atoms with Gasteiger partial charge in [-0.15, -0.1) is 6.58 Å². The molecule has 146 valence electrons. The number of aliphatic hydroxyl groups excluding tert-OH is 1. The van der Waals surface area contributed by atoms with E-state index in [9.17, 15) is 19.5 Å². The monoisotopic (exact) mass is 368 g/mol. The van der Waals surface area contributed by atoms with Crippen LogP contribution in [0, 0.1) is 5.92 Å². The van der Waals surface area contributed by atoms with Gasteiger partial charge in [-0.05, 0) is 34.1 Å². The lowest BCUT2D eigenvalue weighted by molar-refractivity contribution is -0.149. The average molecular weight is 368 g/mol. The summed E-state index contributed by atoms with van der Waals surface area (Å²) < 4.78 is 10.4. The minimum Gasteiger partial charge on any atom is -0.464 e. The summed E-state index contributed by atoms with van der Waals surface area (Å²) >= 11 is 0. The van der Waals surface area contributed by atoms with Crippen LogP contribution < -0.4 is 5.32 Å². The summed E-state index contributed by atoms with van der Waals surface area (Å²) in [5, 5.41) is 12.7. The Morgan fingerprint density at radius 3 is 2.54 bits per heavy atom. The summed E-state index contributed by atoms with van der Waals surface area (Å²) in [6, 6.07) is -0.905. The molecule has 1 saturated carbocycles. The minimum absolute atomic E-state index is 0.00426. The number of amides is 2. The molecule has 0 spiro atoms. The Morgan fingerprint density at radius 1 is 1.38 bits per heavy atom. The third-order valence-electron chi connectivity index (χ3n) is 4.49. The summed E-state index contributed by atoms with van der Waals surface area (Å²) in [5.74, 6) is -1.24. The van der Waals surface area contributed by atoms with Crippen LogP contribution in [0.25, 0.3) is 0 Å². The quantitative estimate of drug-likeness (QED) is 0.554. The van der Waals surface area contributed by atoms with Gasteiger partial charge in [0, 0.05) is 12.3 Å². The highest BCUT2D eigenvalue weighted by Gasteiger charge is 2.62. The molecule has 0 aromatic carbocycles. The number of likely N-dealkylation sites (tertiary alicyclic amines) is 1. The number of nitrogens with zero attached hydrogens (tertiary/aromatic N) is 1. The Kier molecular flexibility index (Phi) is 5.65. The lowest BCUT2D eigenvalue weighted by atomic mass is 10.1. The van der Waals surface area contributed by atoms with Crippen LogP contribution in [0.15, 0.2) is 12.7 Å². The minimum atomic E-state index is -1.14. The van der Waals surface area contributed by atoms with Gasteiger partial charge in [0.05, 0.1) is 19.3 Å². The first-order valence-electron chi connectivity index (χ1n) is 8.83. The van der Waals surface area contributed by atoms with Crippen molar-refractivity contribution in [3.05, 3.63) is 12.7 Å².